The van der Waals surface area contributed by atoms with Crippen LogP contribution in [0.3, 0.4) is 0 Å². The molecule has 25 heteroatoms. The van der Waals surface area contributed by atoms with Crippen molar-refractivity contribution in [2.75, 3.05) is 16.3 Å². The van der Waals surface area contributed by atoms with Gasteiger partial charge in [-0.05, 0) is 66.6 Å². The number of carbonyl (C=O) groups is 1. The van der Waals surface area contributed by atoms with Gasteiger partial charge in [0.2, 0.25) is 21.9 Å². The van der Waals surface area contributed by atoms with E-state index in [0.717, 1.165) is 23.0 Å². The van der Waals surface area contributed by atoms with Crippen molar-refractivity contribution < 1.29 is 53.4 Å². The molecule has 3 aliphatic carbocycles. The van der Waals surface area contributed by atoms with E-state index in [9.17, 15) is 44.7 Å². The molecule has 1 amide bonds. The number of aromatic nitrogens is 7. The van der Waals surface area contributed by atoms with Crippen LogP contribution < -0.4 is 15.6 Å². The van der Waals surface area contributed by atoms with Crippen LogP contribution in [0.15, 0.2) is 41.2 Å². The van der Waals surface area contributed by atoms with E-state index in [1.165, 1.54) is 22.9 Å². The maximum Gasteiger partial charge on any atom is 0.293 e. The van der Waals surface area contributed by atoms with Crippen molar-refractivity contribution in [1.29, 1.82) is 0 Å². The summed E-state index contributed by atoms with van der Waals surface area (Å²) in [5.41, 5.74) is -3.43. The van der Waals surface area contributed by atoms with Gasteiger partial charge in [0, 0.05) is 53.8 Å². The Morgan fingerprint density at radius 2 is 1.72 bits per heavy atom. The number of carbonyl (C=O) groups excluding carboxylic acids is 1. The lowest BCUT2D eigenvalue weighted by Crippen LogP contribution is -2.38. The van der Waals surface area contributed by atoms with E-state index in [2.05, 4.69) is 41.2 Å². The number of aliphatic hydroxyl groups excluding tert-OH is 1. The maximum atomic E-state index is 15.6. The van der Waals surface area contributed by atoms with E-state index in [0.29, 0.717) is 10.7 Å². The number of aryl methyl sites for hydroxylation is 1. The lowest BCUT2D eigenvalue weighted by Gasteiger charge is -2.28. The van der Waals surface area contributed by atoms with Gasteiger partial charge in [0.25, 0.3) is 17.9 Å². The molecule has 4 aromatic heterocycles. The molecule has 9 rings (SSSR count). The normalized spacial score (nSPS) is 19.2. The number of sulfonamides is 1. The summed E-state index contributed by atoms with van der Waals surface area (Å²) in [6.45, 7) is -1.82. The van der Waals surface area contributed by atoms with Crippen LogP contribution >= 0.6 is 27.5 Å². The van der Waals surface area contributed by atoms with Gasteiger partial charge < -0.3 is 10.4 Å². The minimum absolute atomic E-state index is 0.0115. The Kier molecular flexibility index (Phi) is 12.0. The molecule has 3 N–H and O–H groups in total. The zero-order valence-electron chi connectivity index (χ0n) is 34.8. The Morgan fingerprint density at radius 3 is 2.36 bits per heavy atom. The Balaban J connectivity index is 1.28. The highest BCUT2D eigenvalue weighted by molar-refractivity contribution is 9.09. The van der Waals surface area contributed by atoms with Gasteiger partial charge >= 0.3 is 0 Å². The Morgan fingerprint density at radius 1 is 1.01 bits per heavy atom. The highest BCUT2D eigenvalue weighted by Crippen LogP contribution is 2.68. The highest BCUT2D eigenvalue weighted by Gasteiger charge is 2.67. The van der Waals surface area contributed by atoms with Crippen LogP contribution in [0, 0.1) is 17.6 Å². The predicted octanol–water partition coefficient (Wildman–Crippen LogP) is 8.06. The number of halogens is 10. The van der Waals surface area contributed by atoms with Crippen molar-refractivity contribution in [1.82, 2.24) is 39.4 Å². The van der Waals surface area contributed by atoms with Crippen molar-refractivity contribution >= 4 is 71.2 Å². The third-order valence-electron chi connectivity index (χ3n) is 12.4. The van der Waals surface area contributed by atoms with Gasteiger partial charge in [0.05, 0.1) is 52.4 Å². The summed E-state index contributed by atoms with van der Waals surface area (Å²) >= 11 is 10.0. The Labute approximate surface area is 387 Å². The van der Waals surface area contributed by atoms with Crippen LogP contribution in [0.5, 0.6) is 0 Å². The summed E-state index contributed by atoms with van der Waals surface area (Å²) in [6, 6.07) is 4.78. The zero-order chi connectivity index (χ0) is 48.1. The van der Waals surface area contributed by atoms with Crippen LogP contribution in [0.4, 0.5) is 40.9 Å². The fourth-order valence-corrected chi connectivity index (χ4v) is 10.6. The molecule has 2 saturated carbocycles. The summed E-state index contributed by atoms with van der Waals surface area (Å²) in [5, 5.41) is 21.4. The first-order valence-corrected chi connectivity index (χ1v) is 24.2. The Hall–Kier alpha value is -5.20. The molecule has 67 heavy (non-hydrogen) atoms. The number of rotatable bonds is 14. The highest BCUT2D eigenvalue weighted by atomic mass is 79.9. The number of benzene rings is 2. The van der Waals surface area contributed by atoms with Crippen molar-refractivity contribution in [2.45, 2.75) is 94.4 Å². The van der Waals surface area contributed by atoms with Crippen LogP contribution in [-0.4, -0.2) is 71.0 Å². The molecule has 2 fully saturated rings. The average molecular weight is 1050 g/mol. The molecule has 4 heterocycles. The lowest BCUT2D eigenvalue weighted by atomic mass is 9.84. The lowest BCUT2D eigenvalue weighted by molar-refractivity contribution is -0.123. The molecule has 2 aromatic carbocycles. The number of nitrogens with one attached hydrogen (secondary N) is 2. The van der Waals surface area contributed by atoms with Crippen LogP contribution in [0.2, 0.25) is 5.02 Å². The number of nitrogens with zero attached hydrogens (tertiary/aromatic N) is 7. The van der Waals surface area contributed by atoms with Crippen molar-refractivity contribution in [2.24, 2.45) is 5.92 Å². The molecule has 356 valence electrons. The van der Waals surface area contributed by atoms with Crippen molar-refractivity contribution in [3.8, 4) is 5.69 Å². The molecular formula is C42H37BrClF8N9O5S. The van der Waals surface area contributed by atoms with E-state index >= 15 is 13.6 Å². The van der Waals surface area contributed by atoms with Gasteiger partial charge in [-0.15, -0.1) is 0 Å². The van der Waals surface area contributed by atoms with Gasteiger partial charge in [-0.1, -0.05) is 27.5 Å². The number of aliphatic hydroxyl groups is 1. The van der Waals surface area contributed by atoms with Crippen molar-refractivity contribution in [3.63, 3.8) is 0 Å². The van der Waals surface area contributed by atoms with Crippen molar-refractivity contribution in [3.05, 3.63) is 103 Å². The molecule has 0 unspecified atom stereocenters. The molecule has 0 radical (unpaired) electrons. The van der Waals surface area contributed by atoms with Gasteiger partial charge in [-0.25, -0.2) is 44.7 Å². The largest absolute Gasteiger partial charge is 0.392 e. The van der Waals surface area contributed by atoms with Gasteiger partial charge in [0.1, 0.15) is 35.4 Å². The second-order valence-corrected chi connectivity index (χ2v) is 20.0. The quantitative estimate of drug-likeness (QED) is 0.0719. The summed E-state index contributed by atoms with van der Waals surface area (Å²) in [7, 11) is -4.01. The molecule has 0 bridgehead atoms. The number of hydrogen-bond acceptors (Lipinski definition) is 9. The van der Waals surface area contributed by atoms with Crippen LogP contribution in [0.25, 0.3) is 27.6 Å². The first-order valence-electron chi connectivity index (χ1n) is 20.8. The SMILES string of the molecule is CS(=O)(=O)Nc1nn(CCBr)c2c(-n3c([C@H](Cc4cc(F)cc(F)c4)NC(=O)Cn4nc(C(F)F)c5c4C(F)(F)[C@@H]4C[C@H]54)nc4nc(C5CCC(F)(F)CC5)cc(CO)c4c3=O)ccc(Cl)c12. The van der Waals surface area contributed by atoms with E-state index in [-0.39, 0.29) is 92.0 Å². The molecule has 0 saturated heterocycles. The molecule has 0 spiro atoms. The number of amides is 1. The number of anilines is 1. The summed E-state index contributed by atoms with van der Waals surface area (Å²) in [4.78, 5) is 39.0. The van der Waals surface area contributed by atoms with E-state index in [1.807, 2.05) is 0 Å². The Bertz CT molecular complexity index is 3160. The van der Waals surface area contributed by atoms with Crippen LogP contribution in [0.1, 0.15) is 96.0 Å². The number of hydrogen-bond donors (Lipinski definition) is 3. The molecule has 3 atom stereocenters. The van der Waals surface area contributed by atoms with Gasteiger partial charge in [0.15, 0.2) is 11.5 Å². The average Bonchev–Trinajstić information content (AvgIpc) is 3.76. The number of fused-ring (bicyclic) bond motifs is 5. The second kappa shape index (κ2) is 17.1. The fourth-order valence-electron chi connectivity index (χ4n) is 9.49. The zero-order valence-corrected chi connectivity index (χ0v) is 38.0. The summed E-state index contributed by atoms with van der Waals surface area (Å²) < 4.78 is 148. The maximum absolute atomic E-state index is 15.6. The third-order valence-corrected chi connectivity index (χ3v) is 13.6. The topological polar surface area (TPSA) is 179 Å². The fraction of sp³-hybridized carbons (Fsp3) is 0.429. The first-order chi connectivity index (χ1) is 31.6. The van der Waals surface area contributed by atoms with E-state index in [4.69, 9.17) is 16.6 Å². The van der Waals surface area contributed by atoms with E-state index in [1.54, 1.807) is 0 Å². The monoisotopic (exact) mass is 1050 g/mol. The molecule has 6 aromatic rings. The first kappa shape index (κ1) is 46.9. The third kappa shape index (κ3) is 8.66. The number of alkyl halides is 7. The summed E-state index contributed by atoms with van der Waals surface area (Å²) in [6.07, 6.45) is -3.99. The van der Waals surface area contributed by atoms with E-state index < -0.39 is 125 Å². The smallest absolute Gasteiger partial charge is 0.293 e. The second-order valence-electron chi connectivity index (χ2n) is 17.0. The standard InChI is InChI=1S/C42H37BrClF8N9O5S/c1-67(65,66)58-38-32-25(44)2-3-28(34(32)59(57-38)9-8-43)61-39(55-37-30(40(61)64)20(17-62)13-26(54-37)19-4-6-41(49,50)7-5-19)27(12-18-10-21(45)14-22(46)11-18)53-29(63)16-60-35-31(33(56-60)36(47)48)23-15-24(23)42(35,51)52/h2-3,10-11,13-14,19,23-24,27,36,62H,4-9,12,15-17H2,1H3,(H,53,63)(H,57,58)/t23-,24+,27-/m0/s1. The van der Waals surface area contributed by atoms with Gasteiger partial charge in [-0.2, -0.15) is 19.0 Å². The molecule has 3 aliphatic rings. The molecule has 14 nitrogen and oxygen atoms in total. The van der Waals surface area contributed by atoms with Crippen LogP contribution in [-0.2, 0) is 46.9 Å². The van der Waals surface area contributed by atoms with Gasteiger partial charge in [-0.3, -0.25) is 28.2 Å². The number of pyridine rings is 1. The minimum atomic E-state index is -4.01. The molecule has 0 aliphatic heterocycles. The minimum Gasteiger partial charge on any atom is -0.392 e. The predicted molar refractivity (Wildman–Crippen MR) is 231 cm³/mol. The summed E-state index contributed by atoms with van der Waals surface area (Å²) in [5.74, 6) is -13.2. The molecular weight excluding hydrogens is 1010 g/mol.